The van der Waals surface area contributed by atoms with Gasteiger partial charge in [0.2, 0.25) is 5.95 Å². The third-order valence-corrected chi connectivity index (χ3v) is 6.38. The van der Waals surface area contributed by atoms with Crippen molar-refractivity contribution in [3.63, 3.8) is 0 Å². The largest absolute Gasteiger partial charge is 0.416 e. The fourth-order valence-electron chi connectivity index (χ4n) is 4.07. The highest BCUT2D eigenvalue weighted by atomic mass is 19.4. The van der Waals surface area contributed by atoms with Crippen LogP contribution in [0.15, 0.2) is 48.8 Å². The van der Waals surface area contributed by atoms with E-state index in [1.807, 2.05) is 18.9 Å². The van der Waals surface area contributed by atoms with Crippen molar-refractivity contribution in [3.05, 3.63) is 82.2 Å². The van der Waals surface area contributed by atoms with Crippen molar-refractivity contribution in [2.45, 2.75) is 19.6 Å². The van der Waals surface area contributed by atoms with E-state index in [9.17, 15) is 18.0 Å². The van der Waals surface area contributed by atoms with Crippen LogP contribution in [0.4, 0.5) is 24.8 Å². The van der Waals surface area contributed by atoms with Crippen LogP contribution < -0.4 is 10.6 Å². The molecule has 0 bridgehead atoms. The fraction of sp³-hybridized carbons (Fsp3) is 0.321. The molecule has 198 valence electrons. The first-order valence-electron chi connectivity index (χ1n) is 12.2. The van der Waals surface area contributed by atoms with Gasteiger partial charge in [0.15, 0.2) is 0 Å². The van der Waals surface area contributed by atoms with E-state index in [2.05, 4.69) is 37.3 Å². The summed E-state index contributed by atoms with van der Waals surface area (Å²) in [6.07, 6.45) is -1.36. The van der Waals surface area contributed by atoms with Crippen molar-refractivity contribution >= 4 is 17.5 Å². The first-order valence-corrected chi connectivity index (χ1v) is 12.2. The number of nitrogens with zero attached hydrogens (tertiary/aromatic N) is 4. The first-order chi connectivity index (χ1) is 18.1. The van der Waals surface area contributed by atoms with Crippen LogP contribution in [0.25, 0.3) is 0 Å². The topological polar surface area (TPSA) is 73.4 Å². The Bertz CT molecular complexity index is 1350. The molecule has 0 unspecified atom stereocenters. The molecule has 1 saturated heterocycles. The quantitative estimate of drug-likeness (QED) is 0.489. The summed E-state index contributed by atoms with van der Waals surface area (Å²) in [7, 11) is 3.71. The normalized spacial score (nSPS) is 14.5. The van der Waals surface area contributed by atoms with Gasteiger partial charge in [0.1, 0.15) is 0 Å². The molecule has 3 aromatic rings. The highest BCUT2D eigenvalue weighted by Gasteiger charge is 2.34. The van der Waals surface area contributed by atoms with Crippen LogP contribution in [0.3, 0.4) is 0 Å². The molecule has 2 aromatic carbocycles. The lowest BCUT2D eigenvalue weighted by Crippen LogP contribution is -2.44. The van der Waals surface area contributed by atoms with Gasteiger partial charge in [0.05, 0.1) is 11.1 Å². The number of anilines is 2. The van der Waals surface area contributed by atoms with Gasteiger partial charge < -0.3 is 15.5 Å². The average molecular weight is 523 g/mol. The van der Waals surface area contributed by atoms with E-state index < -0.39 is 17.6 Å². The number of aromatic nitrogens is 2. The summed E-state index contributed by atoms with van der Waals surface area (Å²) in [5.74, 6) is 5.95. The number of hydrogen-bond donors (Lipinski definition) is 2. The van der Waals surface area contributed by atoms with Crippen molar-refractivity contribution in [1.82, 2.24) is 19.8 Å². The number of halogens is 3. The third-order valence-electron chi connectivity index (χ3n) is 6.38. The minimum atomic E-state index is -4.54. The molecule has 1 fully saturated rings. The van der Waals surface area contributed by atoms with Crippen molar-refractivity contribution in [3.8, 4) is 11.8 Å². The zero-order valence-electron chi connectivity index (χ0n) is 21.5. The number of likely N-dealkylation sites (N-methyl/N-ethyl adjacent to an activating group) is 1. The predicted octanol–water partition coefficient (Wildman–Crippen LogP) is 4.25. The summed E-state index contributed by atoms with van der Waals surface area (Å²) < 4.78 is 41.7. The molecule has 10 heteroatoms. The summed E-state index contributed by atoms with van der Waals surface area (Å²) >= 11 is 0. The van der Waals surface area contributed by atoms with E-state index in [4.69, 9.17) is 0 Å². The molecule has 1 aliphatic rings. The van der Waals surface area contributed by atoms with Crippen molar-refractivity contribution in [1.29, 1.82) is 0 Å². The Hall–Kier alpha value is -3.94. The van der Waals surface area contributed by atoms with Crippen LogP contribution in [0.5, 0.6) is 0 Å². The molecule has 38 heavy (non-hydrogen) atoms. The number of amides is 1. The molecule has 4 rings (SSSR count). The number of hydrogen-bond acceptors (Lipinski definition) is 6. The number of aryl methyl sites for hydroxylation is 1. The van der Waals surface area contributed by atoms with Crippen LogP contribution in [0.1, 0.15) is 38.2 Å². The van der Waals surface area contributed by atoms with Gasteiger partial charge in [0, 0.05) is 69.0 Å². The average Bonchev–Trinajstić information content (AvgIpc) is 2.90. The maximum absolute atomic E-state index is 13.9. The molecular formula is C28H29F3N6O. The number of benzene rings is 2. The van der Waals surface area contributed by atoms with E-state index in [-0.39, 0.29) is 23.4 Å². The standard InChI is InChI=1S/C28H29F3N6O/c1-19-4-6-22(14-21(19)7-5-20-16-33-27(32-2)34-17-20)26(38)35-24-9-8-23(25(15-24)28(29,30)31)18-37-12-10-36(3)11-13-37/h4,6,8-9,14-17H,10-13,18H2,1-3H3,(H,35,38)(H,32,33,34). The molecular weight excluding hydrogens is 493 g/mol. The number of alkyl halides is 3. The number of carbonyl (C=O) groups is 1. The smallest absolute Gasteiger partial charge is 0.357 e. The Morgan fingerprint density at radius 3 is 2.39 bits per heavy atom. The van der Waals surface area contributed by atoms with Crippen molar-refractivity contribution in [2.24, 2.45) is 0 Å². The second-order valence-corrected chi connectivity index (χ2v) is 9.23. The lowest BCUT2D eigenvalue weighted by Gasteiger charge is -2.33. The zero-order valence-corrected chi connectivity index (χ0v) is 21.5. The van der Waals surface area contributed by atoms with Gasteiger partial charge in [-0.05, 0) is 49.4 Å². The molecule has 1 amide bonds. The van der Waals surface area contributed by atoms with Gasteiger partial charge in [-0.25, -0.2) is 9.97 Å². The van der Waals surface area contributed by atoms with Crippen LogP contribution in [-0.4, -0.2) is 65.9 Å². The Balaban J connectivity index is 1.51. The lowest BCUT2D eigenvalue weighted by atomic mass is 10.0. The second kappa shape index (κ2) is 11.6. The van der Waals surface area contributed by atoms with E-state index in [1.165, 1.54) is 12.1 Å². The number of rotatable bonds is 5. The van der Waals surface area contributed by atoms with Gasteiger partial charge in [-0.15, -0.1) is 0 Å². The Kier molecular flexibility index (Phi) is 8.29. The van der Waals surface area contributed by atoms with Gasteiger partial charge in [-0.3, -0.25) is 9.69 Å². The Morgan fingerprint density at radius 2 is 1.74 bits per heavy atom. The molecule has 1 aliphatic heterocycles. The zero-order chi connectivity index (χ0) is 27.3. The van der Waals surface area contributed by atoms with Gasteiger partial charge >= 0.3 is 6.18 Å². The molecule has 0 radical (unpaired) electrons. The summed E-state index contributed by atoms with van der Waals surface area (Å²) in [5.41, 5.74) is 1.91. The minimum Gasteiger partial charge on any atom is -0.357 e. The summed E-state index contributed by atoms with van der Waals surface area (Å²) in [6, 6.07) is 8.96. The Labute approximate surface area is 220 Å². The van der Waals surface area contributed by atoms with Crippen LogP contribution in [0.2, 0.25) is 0 Å². The Morgan fingerprint density at radius 1 is 1.03 bits per heavy atom. The molecule has 0 atom stereocenters. The minimum absolute atomic E-state index is 0.0828. The fourth-order valence-corrected chi connectivity index (χ4v) is 4.07. The van der Waals surface area contributed by atoms with Crippen LogP contribution in [-0.2, 0) is 12.7 Å². The molecule has 0 spiro atoms. The maximum Gasteiger partial charge on any atom is 0.416 e. The van der Waals surface area contributed by atoms with Gasteiger partial charge in [-0.1, -0.05) is 24.0 Å². The SMILES string of the molecule is CNc1ncc(C#Cc2cc(C(=O)Nc3ccc(CN4CCN(C)CC4)c(C(F)(F)F)c3)ccc2C)cn1. The molecule has 0 aliphatic carbocycles. The second-order valence-electron chi connectivity index (χ2n) is 9.23. The van der Waals surface area contributed by atoms with Crippen molar-refractivity contribution in [2.75, 3.05) is 50.9 Å². The van der Waals surface area contributed by atoms with Crippen LogP contribution >= 0.6 is 0 Å². The van der Waals surface area contributed by atoms with Crippen molar-refractivity contribution < 1.29 is 18.0 Å². The number of nitrogens with one attached hydrogen (secondary N) is 2. The monoisotopic (exact) mass is 522 g/mol. The summed E-state index contributed by atoms with van der Waals surface area (Å²) in [4.78, 5) is 25.3. The van der Waals surface area contributed by atoms with Gasteiger partial charge in [-0.2, -0.15) is 13.2 Å². The van der Waals surface area contributed by atoms with Crippen LogP contribution in [0, 0.1) is 18.8 Å². The summed E-state index contributed by atoms with van der Waals surface area (Å²) in [5, 5.41) is 5.44. The van der Waals surface area contributed by atoms with E-state index >= 15 is 0 Å². The lowest BCUT2D eigenvalue weighted by molar-refractivity contribution is -0.138. The molecule has 7 nitrogen and oxygen atoms in total. The highest BCUT2D eigenvalue weighted by Crippen LogP contribution is 2.34. The third kappa shape index (κ3) is 6.88. The molecule has 2 N–H and O–H groups in total. The van der Waals surface area contributed by atoms with E-state index in [0.717, 1.165) is 24.7 Å². The first kappa shape index (κ1) is 27.1. The molecule has 2 heterocycles. The predicted molar refractivity (Wildman–Crippen MR) is 141 cm³/mol. The van der Waals surface area contributed by atoms with E-state index in [0.29, 0.717) is 30.2 Å². The molecule has 0 saturated carbocycles. The summed E-state index contributed by atoms with van der Waals surface area (Å²) in [6.45, 7) is 5.11. The van der Waals surface area contributed by atoms with Gasteiger partial charge in [0.25, 0.3) is 5.91 Å². The maximum atomic E-state index is 13.9. The highest BCUT2D eigenvalue weighted by molar-refractivity contribution is 6.04. The number of carbonyl (C=O) groups excluding carboxylic acids is 1. The van der Waals surface area contributed by atoms with E-state index in [1.54, 1.807) is 37.6 Å². The number of piperazine rings is 1. The molecule has 1 aromatic heterocycles.